The number of piperidine rings is 1. The molecule has 0 amide bonds. The highest BCUT2D eigenvalue weighted by molar-refractivity contribution is 9.10. The number of benzene rings is 2. The van der Waals surface area contributed by atoms with Crippen molar-refractivity contribution in [3.8, 4) is 5.75 Å². The molecule has 2 aromatic carbocycles. The van der Waals surface area contributed by atoms with E-state index < -0.39 is 0 Å². The number of phenolic OH excluding ortho intramolecular Hbond substituents is 1. The zero-order valence-corrected chi connectivity index (χ0v) is 11.7. The van der Waals surface area contributed by atoms with Gasteiger partial charge in [-0.25, -0.2) is 0 Å². The number of phenols is 1. The lowest BCUT2D eigenvalue weighted by Crippen LogP contribution is -2.28. The molecule has 94 valence electrons. The molecule has 0 radical (unpaired) electrons. The van der Waals surface area contributed by atoms with E-state index in [4.69, 9.17) is 0 Å². The van der Waals surface area contributed by atoms with Gasteiger partial charge in [0.1, 0.15) is 5.75 Å². The second-order valence-electron chi connectivity index (χ2n) is 4.91. The van der Waals surface area contributed by atoms with Gasteiger partial charge < -0.3 is 10.4 Å². The SMILES string of the molecule is Oc1ccc2cc(Br)ccc2c1C1CCCNC1. The van der Waals surface area contributed by atoms with Crippen LogP contribution in [0.15, 0.2) is 34.8 Å². The number of halogens is 1. The Hall–Kier alpha value is -1.06. The monoisotopic (exact) mass is 305 g/mol. The lowest BCUT2D eigenvalue weighted by Gasteiger charge is -2.25. The molecule has 2 N–H and O–H groups in total. The predicted octanol–water partition coefficient (Wildman–Crippen LogP) is 3.77. The molecule has 2 nitrogen and oxygen atoms in total. The van der Waals surface area contributed by atoms with Gasteiger partial charge in [0.15, 0.2) is 0 Å². The maximum absolute atomic E-state index is 10.2. The van der Waals surface area contributed by atoms with E-state index in [2.05, 4.69) is 33.4 Å². The Balaban J connectivity index is 2.16. The van der Waals surface area contributed by atoms with Crippen molar-refractivity contribution in [3.05, 3.63) is 40.4 Å². The van der Waals surface area contributed by atoms with E-state index in [1.807, 2.05) is 18.2 Å². The second-order valence-corrected chi connectivity index (χ2v) is 5.82. The maximum atomic E-state index is 10.2. The van der Waals surface area contributed by atoms with Crippen LogP contribution in [0.1, 0.15) is 24.3 Å². The summed E-state index contributed by atoms with van der Waals surface area (Å²) >= 11 is 3.50. The molecule has 2 aromatic rings. The Morgan fingerprint density at radius 2 is 2.11 bits per heavy atom. The quantitative estimate of drug-likeness (QED) is 0.840. The van der Waals surface area contributed by atoms with Gasteiger partial charge >= 0.3 is 0 Å². The molecule has 1 aliphatic rings. The van der Waals surface area contributed by atoms with Crippen LogP contribution in [0.25, 0.3) is 10.8 Å². The Labute approximate surface area is 115 Å². The largest absolute Gasteiger partial charge is 0.508 e. The highest BCUT2D eigenvalue weighted by atomic mass is 79.9. The maximum Gasteiger partial charge on any atom is 0.119 e. The van der Waals surface area contributed by atoms with E-state index in [1.165, 1.54) is 17.2 Å². The molecular formula is C15H16BrNO. The zero-order valence-electron chi connectivity index (χ0n) is 10.1. The number of nitrogens with one attached hydrogen (secondary N) is 1. The van der Waals surface area contributed by atoms with Gasteiger partial charge in [0.25, 0.3) is 0 Å². The Kier molecular flexibility index (Phi) is 3.27. The topological polar surface area (TPSA) is 32.3 Å². The van der Waals surface area contributed by atoms with Crippen LogP contribution in [0, 0.1) is 0 Å². The van der Waals surface area contributed by atoms with Gasteiger partial charge in [-0.15, -0.1) is 0 Å². The van der Waals surface area contributed by atoms with E-state index in [0.29, 0.717) is 11.7 Å². The molecular weight excluding hydrogens is 290 g/mol. The van der Waals surface area contributed by atoms with Gasteiger partial charge in [-0.05, 0) is 48.4 Å². The Bertz CT molecular complexity index is 576. The third kappa shape index (κ3) is 2.13. The second kappa shape index (κ2) is 4.90. The summed E-state index contributed by atoms with van der Waals surface area (Å²) < 4.78 is 1.08. The molecule has 18 heavy (non-hydrogen) atoms. The molecule has 1 aliphatic heterocycles. The number of hydrogen-bond acceptors (Lipinski definition) is 2. The summed E-state index contributed by atoms with van der Waals surface area (Å²) in [6.45, 7) is 2.05. The number of aromatic hydroxyl groups is 1. The van der Waals surface area contributed by atoms with E-state index in [1.54, 1.807) is 0 Å². The Morgan fingerprint density at radius 3 is 2.89 bits per heavy atom. The van der Waals surface area contributed by atoms with Crippen molar-refractivity contribution >= 4 is 26.7 Å². The Morgan fingerprint density at radius 1 is 1.22 bits per heavy atom. The van der Waals surface area contributed by atoms with Crippen molar-refractivity contribution in [1.82, 2.24) is 5.32 Å². The van der Waals surface area contributed by atoms with Gasteiger partial charge in [0.05, 0.1) is 0 Å². The van der Waals surface area contributed by atoms with Crippen molar-refractivity contribution in [2.45, 2.75) is 18.8 Å². The molecule has 3 rings (SSSR count). The number of fused-ring (bicyclic) bond motifs is 1. The summed E-state index contributed by atoms with van der Waals surface area (Å²) in [5, 5.41) is 16.0. The first-order valence-electron chi connectivity index (χ1n) is 6.37. The van der Waals surface area contributed by atoms with Crippen molar-refractivity contribution in [3.63, 3.8) is 0 Å². The standard InChI is InChI=1S/C15H16BrNO/c16-12-4-5-13-10(8-12)3-6-14(18)15(13)11-2-1-7-17-9-11/h3-6,8,11,17-18H,1-2,7,9H2. The van der Waals surface area contributed by atoms with E-state index in [-0.39, 0.29) is 0 Å². The third-order valence-electron chi connectivity index (χ3n) is 3.71. The molecule has 1 saturated heterocycles. The fourth-order valence-electron chi connectivity index (χ4n) is 2.84. The van der Waals surface area contributed by atoms with Gasteiger partial charge in [-0.3, -0.25) is 0 Å². The van der Waals surface area contributed by atoms with Crippen molar-refractivity contribution in [2.75, 3.05) is 13.1 Å². The molecule has 0 bridgehead atoms. The van der Waals surface area contributed by atoms with Crippen LogP contribution < -0.4 is 5.32 Å². The summed E-state index contributed by atoms with van der Waals surface area (Å²) in [4.78, 5) is 0. The van der Waals surface area contributed by atoms with Crippen molar-refractivity contribution in [1.29, 1.82) is 0 Å². The highest BCUT2D eigenvalue weighted by Crippen LogP contribution is 2.37. The summed E-state index contributed by atoms with van der Waals surface area (Å²) in [6.07, 6.45) is 2.33. The highest BCUT2D eigenvalue weighted by Gasteiger charge is 2.20. The van der Waals surface area contributed by atoms with Crippen LogP contribution in [-0.2, 0) is 0 Å². The molecule has 0 aromatic heterocycles. The molecule has 0 aliphatic carbocycles. The number of rotatable bonds is 1. The van der Waals surface area contributed by atoms with Crippen LogP contribution in [0.4, 0.5) is 0 Å². The van der Waals surface area contributed by atoms with Gasteiger partial charge in [-0.1, -0.05) is 28.1 Å². The van der Waals surface area contributed by atoms with Gasteiger partial charge in [0, 0.05) is 22.5 Å². The average Bonchev–Trinajstić information content (AvgIpc) is 2.40. The first kappa shape index (κ1) is 12.0. The molecule has 1 fully saturated rings. The summed E-state index contributed by atoms with van der Waals surface area (Å²) in [5.74, 6) is 0.849. The van der Waals surface area contributed by atoms with Crippen LogP contribution in [0.5, 0.6) is 5.75 Å². The van der Waals surface area contributed by atoms with Gasteiger partial charge in [-0.2, -0.15) is 0 Å². The summed E-state index contributed by atoms with van der Waals surface area (Å²) in [6, 6.07) is 10.0. The minimum atomic E-state index is 0.420. The van der Waals surface area contributed by atoms with Gasteiger partial charge in [0.2, 0.25) is 0 Å². The van der Waals surface area contributed by atoms with Crippen LogP contribution in [-0.4, -0.2) is 18.2 Å². The third-order valence-corrected chi connectivity index (χ3v) is 4.20. The molecule has 3 heteroatoms. The summed E-state index contributed by atoms with van der Waals surface area (Å²) in [7, 11) is 0. The molecule has 0 saturated carbocycles. The van der Waals surface area contributed by atoms with Crippen LogP contribution in [0.3, 0.4) is 0 Å². The zero-order chi connectivity index (χ0) is 12.5. The lowest BCUT2D eigenvalue weighted by atomic mass is 9.87. The van der Waals surface area contributed by atoms with Crippen LogP contribution in [0.2, 0.25) is 0 Å². The minimum absolute atomic E-state index is 0.420. The molecule has 1 atom stereocenters. The van der Waals surface area contributed by atoms with Crippen molar-refractivity contribution in [2.24, 2.45) is 0 Å². The predicted molar refractivity (Wildman–Crippen MR) is 78.2 cm³/mol. The molecule has 0 spiro atoms. The smallest absolute Gasteiger partial charge is 0.119 e. The first-order valence-corrected chi connectivity index (χ1v) is 7.17. The first-order chi connectivity index (χ1) is 8.75. The summed E-state index contributed by atoms with van der Waals surface area (Å²) in [5.41, 5.74) is 1.10. The number of hydrogen-bond donors (Lipinski definition) is 2. The van der Waals surface area contributed by atoms with Crippen molar-refractivity contribution < 1.29 is 5.11 Å². The fraction of sp³-hybridized carbons (Fsp3) is 0.333. The molecule has 1 heterocycles. The lowest BCUT2D eigenvalue weighted by molar-refractivity contribution is 0.428. The van der Waals surface area contributed by atoms with E-state index in [9.17, 15) is 5.11 Å². The van der Waals surface area contributed by atoms with E-state index in [0.717, 1.165) is 29.5 Å². The average molecular weight is 306 g/mol. The van der Waals surface area contributed by atoms with E-state index >= 15 is 0 Å². The normalized spacial score (nSPS) is 20.2. The fourth-order valence-corrected chi connectivity index (χ4v) is 3.22. The molecule has 1 unspecified atom stereocenters. The van der Waals surface area contributed by atoms with Crippen LogP contribution >= 0.6 is 15.9 Å². The minimum Gasteiger partial charge on any atom is -0.508 e.